The van der Waals surface area contributed by atoms with E-state index in [1.54, 1.807) is 0 Å². The molecule has 0 saturated carbocycles. The van der Waals surface area contributed by atoms with Crippen molar-refractivity contribution in [3.8, 4) is 50.6 Å². The highest BCUT2D eigenvalue weighted by Crippen LogP contribution is 2.64. The third kappa shape index (κ3) is 5.28. The predicted octanol–water partition coefficient (Wildman–Crippen LogP) is 16.1. The molecule has 64 heavy (non-hydrogen) atoms. The van der Waals surface area contributed by atoms with E-state index in [1.807, 2.05) is 0 Å². The second kappa shape index (κ2) is 14.3. The molecule has 1 spiro atoms. The van der Waals surface area contributed by atoms with Crippen LogP contribution in [0.25, 0.3) is 60.9 Å². The van der Waals surface area contributed by atoms with Crippen LogP contribution < -0.4 is 9.64 Å². The Morgan fingerprint density at radius 1 is 0.359 bits per heavy atom. The number of anilines is 3. The van der Waals surface area contributed by atoms with E-state index in [0.717, 1.165) is 67.6 Å². The molecule has 1 atom stereocenters. The summed E-state index contributed by atoms with van der Waals surface area (Å²) in [6.07, 6.45) is 0. The van der Waals surface area contributed by atoms with Crippen molar-refractivity contribution in [1.29, 1.82) is 0 Å². The summed E-state index contributed by atoms with van der Waals surface area (Å²) in [7, 11) is 0. The zero-order chi connectivity index (χ0) is 42.2. The molecule has 0 amide bonds. The summed E-state index contributed by atoms with van der Waals surface area (Å²) >= 11 is 0. The van der Waals surface area contributed by atoms with Gasteiger partial charge in [-0.15, -0.1) is 0 Å². The fraction of sp³-hybridized carbons (Fsp3) is 0.0164. The maximum absolute atomic E-state index is 6.87. The molecule has 0 saturated heterocycles. The van der Waals surface area contributed by atoms with Gasteiger partial charge in [0.1, 0.15) is 11.5 Å². The number of hydrogen-bond donors (Lipinski definition) is 0. The molecular weight excluding hydrogens is 777 g/mol. The van der Waals surface area contributed by atoms with Crippen LogP contribution in [0.1, 0.15) is 22.3 Å². The second-order valence-corrected chi connectivity index (χ2v) is 16.8. The van der Waals surface area contributed by atoms with Gasteiger partial charge in [0.25, 0.3) is 0 Å². The quantitative estimate of drug-likeness (QED) is 0.166. The van der Waals surface area contributed by atoms with Gasteiger partial charge in [-0.05, 0) is 94.0 Å². The van der Waals surface area contributed by atoms with Crippen molar-refractivity contribution in [2.24, 2.45) is 0 Å². The average Bonchev–Trinajstić information content (AvgIpc) is 3.86. The molecule has 0 radical (unpaired) electrons. The first-order valence-electron chi connectivity index (χ1n) is 22.0. The lowest BCUT2D eigenvalue weighted by Crippen LogP contribution is -2.32. The first-order valence-corrected chi connectivity index (χ1v) is 22.0. The van der Waals surface area contributed by atoms with Crippen molar-refractivity contribution in [3.63, 3.8) is 0 Å². The van der Waals surface area contributed by atoms with Gasteiger partial charge in [-0.25, -0.2) is 0 Å². The summed E-state index contributed by atoms with van der Waals surface area (Å²) in [6.45, 7) is 0. The van der Waals surface area contributed by atoms with E-state index in [0.29, 0.717) is 0 Å². The molecule has 10 aromatic carbocycles. The standard InChI is InChI=1S/C61H40N2O/c1-4-19-41(20-5-1)43-35-38-59-53(39-43)61(51-29-14-17-34-58(51)64-59)50-28-13-10-27-49(50)60-52(61)30-18-33-56(60)63(54-31-15-11-25-46(54)42-21-6-2-7-22-42)45-36-37-48-47-26-12-16-32-55(47)62(57(48)40-45)44-23-8-3-9-24-44/h1-40H. The lowest BCUT2D eigenvalue weighted by atomic mass is 9.65. The zero-order valence-electron chi connectivity index (χ0n) is 34.9. The highest BCUT2D eigenvalue weighted by molar-refractivity contribution is 6.11. The Morgan fingerprint density at radius 2 is 0.969 bits per heavy atom. The van der Waals surface area contributed by atoms with Gasteiger partial charge < -0.3 is 14.2 Å². The molecule has 1 aromatic heterocycles. The van der Waals surface area contributed by atoms with E-state index in [-0.39, 0.29) is 0 Å². The van der Waals surface area contributed by atoms with Gasteiger partial charge in [-0.1, -0.05) is 182 Å². The molecule has 0 fully saturated rings. The summed E-state index contributed by atoms with van der Waals surface area (Å²) in [5.74, 6) is 1.75. The maximum atomic E-state index is 6.87. The normalized spacial score (nSPS) is 14.4. The number of ether oxygens (including phenoxy) is 1. The number of fused-ring (bicyclic) bond motifs is 12. The van der Waals surface area contributed by atoms with Crippen molar-refractivity contribution in [2.75, 3.05) is 4.90 Å². The van der Waals surface area contributed by atoms with Gasteiger partial charge in [-0.2, -0.15) is 0 Å². The number of para-hydroxylation sites is 4. The Balaban J connectivity index is 1.13. The van der Waals surface area contributed by atoms with Crippen LogP contribution >= 0.6 is 0 Å². The van der Waals surface area contributed by atoms with Crippen LogP contribution in [0.2, 0.25) is 0 Å². The van der Waals surface area contributed by atoms with Gasteiger partial charge in [0.2, 0.25) is 0 Å². The predicted molar refractivity (Wildman–Crippen MR) is 264 cm³/mol. The Morgan fingerprint density at radius 3 is 1.80 bits per heavy atom. The largest absolute Gasteiger partial charge is 0.457 e. The van der Waals surface area contributed by atoms with E-state index in [2.05, 4.69) is 252 Å². The smallest absolute Gasteiger partial charge is 0.132 e. The van der Waals surface area contributed by atoms with Crippen LogP contribution in [0.5, 0.6) is 11.5 Å². The molecular formula is C61H40N2O. The van der Waals surface area contributed by atoms with Crippen LogP contribution in [-0.4, -0.2) is 4.57 Å². The summed E-state index contributed by atoms with van der Waals surface area (Å²) in [6, 6.07) is 88.2. The van der Waals surface area contributed by atoms with Gasteiger partial charge in [0, 0.05) is 44.4 Å². The summed E-state index contributed by atoms with van der Waals surface area (Å²) in [5.41, 5.74) is 17.9. The van der Waals surface area contributed by atoms with E-state index in [4.69, 9.17) is 4.74 Å². The third-order valence-corrected chi connectivity index (χ3v) is 13.4. The lowest BCUT2D eigenvalue weighted by molar-refractivity contribution is 0.436. The molecule has 1 aliphatic carbocycles. The molecule has 11 aromatic rings. The van der Waals surface area contributed by atoms with Crippen molar-refractivity contribution < 1.29 is 4.74 Å². The molecule has 1 unspecified atom stereocenters. The lowest BCUT2D eigenvalue weighted by Gasteiger charge is -2.40. The second-order valence-electron chi connectivity index (χ2n) is 16.8. The minimum absolute atomic E-state index is 0.661. The Bertz CT molecular complexity index is 3590. The molecule has 2 aliphatic rings. The zero-order valence-corrected chi connectivity index (χ0v) is 34.9. The third-order valence-electron chi connectivity index (χ3n) is 13.4. The summed E-state index contributed by atoms with van der Waals surface area (Å²) < 4.78 is 9.28. The molecule has 1 aliphatic heterocycles. The minimum Gasteiger partial charge on any atom is -0.457 e. The fourth-order valence-corrected chi connectivity index (χ4v) is 10.8. The van der Waals surface area contributed by atoms with Crippen LogP contribution in [-0.2, 0) is 5.41 Å². The topological polar surface area (TPSA) is 17.4 Å². The SMILES string of the molecule is c1ccc(-c2ccc3c(c2)C2(c4ccccc4O3)c3ccccc3-c3c(N(c4ccc5c6ccccc6n(-c6ccccc6)c5c4)c4ccccc4-c4ccccc4)cccc32)cc1. The Labute approximate surface area is 372 Å². The molecule has 13 rings (SSSR count). The summed E-state index contributed by atoms with van der Waals surface area (Å²) in [5, 5.41) is 2.44. The maximum Gasteiger partial charge on any atom is 0.132 e. The van der Waals surface area contributed by atoms with E-state index in [9.17, 15) is 0 Å². The number of nitrogens with zero attached hydrogens (tertiary/aromatic N) is 2. The average molecular weight is 817 g/mol. The van der Waals surface area contributed by atoms with Gasteiger partial charge in [0.15, 0.2) is 0 Å². The highest BCUT2D eigenvalue weighted by Gasteiger charge is 2.52. The van der Waals surface area contributed by atoms with E-state index >= 15 is 0 Å². The number of rotatable bonds is 6. The van der Waals surface area contributed by atoms with Crippen LogP contribution in [0.4, 0.5) is 17.1 Å². The molecule has 2 heterocycles. The fourth-order valence-electron chi connectivity index (χ4n) is 10.8. The molecule has 0 bridgehead atoms. The Hall–Kier alpha value is -8.40. The first-order chi connectivity index (χ1) is 31.8. The summed E-state index contributed by atoms with van der Waals surface area (Å²) in [4.78, 5) is 2.51. The number of aromatic nitrogens is 1. The van der Waals surface area contributed by atoms with E-state index < -0.39 is 5.41 Å². The van der Waals surface area contributed by atoms with Crippen molar-refractivity contribution in [3.05, 3.63) is 265 Å². The van der Waals surface area contributed by atoms with Crippen LogP contribution in [0.3, 0.4) is 0 Å². The van der Waals surface area contributed by atoms with Crippen LogP contribution in [0, 0.1) is 0 Å². The van der Waals surface area contributed by atoms with Crippen LogP contribution in [0.15, 0.2) is 243 Å². The van der Waals surface area contributed by atoms with E-state index in [1.165, 1.54) is 44.1 Å². The van der Waals surface area contributed by atoms with Gasteiger partial charge in [-0.3, -0.25) is 0 Å². The molecule has 3 heteroatoms. The van der Waals surface area contributed by atoms with Crippen molar-refractivity contribution >= 4 is 38.9 Å². The molecule has 3 nitrogen and oxygen atoms in total. The van der Waals surface area contributed by atoms with Crippen molar-refractivity contribution in [1.82, 2.24) is 4.57 Å². The Kier molecular flexibility index (Phi) is 8.13. The number of hydrogen-bond acceptors (Lipinski definition) is 2. The molecule has 300 valence electrons. The van der Waals surface area contributed by atoms with Crippen molar-refractivity contribution in [2.45, 2.75) is 5.41 Å². The monoisotopic (exact) mass is 816 g/mol. The van der Waals surface area contributed by atoms with Gasteiger partial charge >= 0.3 is 0 Å². The molecule has 0 N–H and O–H groups in total. The first kappa shape index (κ1) is 36.3. The highest BCUT2D eigenvalue weighted by atomic mass is 16.5. The minimum atomic E-state index is -0.661. The number of benzene rings is 10. The van der Waals surface area contributed by atoms with Gasteiger partial charge in [0.05, 0.1) is 27.8 Å².